The summed E-state index contributed by atoms with van der Waals surface area (Å²) < 4.78 is 30.3. The number of nitrogens with one attached hydrogen (secondary N) is 1. The zero-order valence-electron chi connectivity index (χ0n) is 14.7. The number of carbonyl (C=O) groups is 1. The number of nitrogens with zero attached hydrogens (tertiary/aromatic N) is 3. The van der Waals surface area contributed by atoms with Crippen molar-refractivity contribution in [2.45, 2.75) is 44.9 Å². The molecule has 1 fully saturated rings. The van der Waals surface area contributed by atoms with Crippen LogP contribution in [0.15, 0.2) is 24.5 Å². The molecule has 1 aliphatic rings. The Balaban J connectivity index is 1.80. The number of anilines is 2. The molecular weight excluding hydrogens is 360 g/mol. The maximum absolute atomic E-state index is 12.2. The van der Waals surface area contributed by atoms with Crippen LogP contribution in [0.4, 0.5) is 20.3 Å². The average Bonchev–Trinajstić information content (AvgIpc) is 3.00. The number of aromatic nitrogens is 3. The van der Waals surface area contributed by atoms with Gasteiger partial charge in [0, 0.05) is 12.3 Å². The Morgan fingerprint density at radius 3 is 2.81 bits per heavy atom. The van der Waals surface area contributed by atoms with Gasteiger partial charge in [-0.2, -0.15) is 13.9 Å². The highest BCUT2D eigenvalue weighted by molar-refractivity contribution is 5.98. The minimum absolute atomic E-state index is 0.0435. The van der Waals surface area contributed by atoms with Gasteiger partial charge in [-0.3, -0.25) is 9.48 Å². The quantitative estimate of drug-likeness (QED) is 0.708. The Kier molecular flexibility index (Phi) is 5.54. The molecule has 0 saturated heterocycles. The molecule has 2 aromatic rings. The van der Waals surface area contributed by atoms with Crippen LogP contribution in [0.5, 0.6) is 5.88 Å². The lowest BCUT2D eigenvalue weighted by atomic mass is 9.84. The third-order valence-corrected chi connectivity index (χ3v) is 4.64. The summed E-state index contributed by atoms with van der Waals surface area (Å²) in [5.74, 6) is -0.413. The van der Waals surface area contributed by atoms with Crippen LogP contribution >= 0.6 is 0 Å². The molecule has 3 rings (SSSR count). The molecule has 10 heteroatoms. The first-order valence-corrected chi connectivity index (χ1v) is 8.58. The van der Waals surface area contributed by atoms with Crippen molar-refractivity contribution in [2.24, 2.45) is 11.7 Å². The Hall–Kier alpha value is -2.75. The van der Waals surface area contributed by atoms with Crippen molar-refractivity contribution in [3.8, 4) is 5.88 Å². The summed E-state index contributed by atoms with van der Waals surface area (Å²) in [5.41, 5.74) is 6.11. The molecule has 146 valence electrons. The molecule has 1 aliphatic carbocycles. The topological polar surface area (TPSA) is 115 Å². The van der Waals surface area contributed by atoms with E-state index in [2.05, 4.69) is 20.1 Å². The van der Waals surface area contributed by atoms with Gasteiger partial charge < -0.3 is 20.9 Å². The molecule has 0 bridgehead atoms. The fourth-order valence-corrected chi connectivity index (χ4v) is 3.33. The minimum Gasteiger partial charge on any atom is -0.417 e. The number of rotatable bonds is 6. The first kappa shape index (κ1) is 19.0. The zero-order chi connectivity index (χ0) is 19.6. The van der Waals surface area contributed by atoms with Crippen LogP contribution in [0.25, 0.3) is 0 Å². The SMILES string of the molecule is C[C@H]1C[C@@H](O)CC[C@@H]1n1cc(C(N)=O)c(Nc2ccc(OC(F)F)nc2)n1. The largest absolute Gasteiger partial charge is 0.417 e. The van der Waals surface area contributed by atoms with Crippen LogP contribution in [0, 0.1) is 5.92 Å². The number of pyridine rings is 1. The molecule has 2 heterocycles. The van der Waals surface area contributed by atoms with Crippen LogP contribution in [0.2, 0.25) is 0 Å². The van der Waals surface area contributed by atoms with Crippen LogP contribution < -0.4 is 15.8 Å². The molecule has 0 unspecified atom stereocenters. The highest BCUT2D eigenvalue weighted by Gasteiger charge is 2.29. The lowest BCUT2D eigenvalue weighted by Gasteiger charge is -2.31. The maximum Gasteiger partial charge on any atom is 0.388 e. The van der Waals surface area contributed by atoms with Gasteiger partial charge in [-0.1, -0.05) is 6.92 Å². The summed E-state index contributed by atoms with van der Waals surface area (Å²) in [5, 5.41) is 17.2. The van der Waals surface area contributed by atoms with Crippen molar-refractivity contribution in [1.82, 2.24) is 14.8 Å². The van der Waals surface area contributed by atoms with Crippen molar-refractivity contribution in [2.75, 3.05) is 5.32 Å². The van der Waals surface area contributed by atoms with Crippen molar-refractivity contribution in [3.63, 3.8) is 0 Å². The standard InChI is InChI=1S/C17H21F2N5O3/c1-9-6-11(25)3-4-13(9)24-8-12(15(20)26)16(23-24)22-10-2-5-14(21-7-10)27-17(18)19/h2,5,7-9,11,13,17,25H,3-4,6H2,1H3,(H2,20,26)(H,22,23)/t9-,11-,13-/m0/s1. The predicted octanol–water partition coefficient (Wildman–Crippen LogP) is 2.44. The number of halogens is 2. The lowest BCUT2D eigenvalue weighted by Crippen LogP contribution is -2.28. The predicted molar refractivity (Wildman–Crippen MR) is 93.0 cm³/mol. The summed E-state index contributed by atoms with van der Waals surface area (Å²) in [6.07, 6.45) is 4.63. The van der Waals surface area contributed by atoms with E-state index in [0.717, 1.165) is 6.42 Å². The van der Waals surface area contributed by atoms with E-state index in [9.17, 15) is 18.7 Å². The third kappa shape index (κ3) is 4.51. The van der Waals surface area contributed by atoms with Crippen LogP contribution in [0.3, 0.4) is 0 Å². The molecule has 8 nitrogen and oxygen atoms in total. The molecule has 0 spiro atoms. The van der Waals surface area contributed by atoms with E-state index in [1.807, 2.05) is 6.92 Å². The molecule has 3 atom stereocenters. The number of carbonyl (C=O) groups excluding carboxylic acids is 1. The molecule has 4 N–H and O–H groups in total. The maximum atomic E-state index is 12.2. The van der Waals surface area contributed by atoms with Gasteiger partial charge in [0.05, 0.1) is 24.0 Å². The van der Waals surface area contributed by atoms with E-state index in [-0.39, 0.29) is 35.3 Å². The van der Waals surface area contributed by atoms with E-state index in [1.165, 1.54) is 18.3 Å². The average molecular weight is 381 g/mol. The number of ether oxygens (including phenoxy) is 1. The Morgan fingerprint density at radius 2 is 2.22 bits per heavy atom. The highest BCUT2D eigenvalue weighted by atomic mass is 19.3. The summed E-state index contributed by atoms with van der Waals surface area (Å²) in [4.78, 5) is 15.6. The number of aliphatic hydroxyl groups excluding tert-OH is 1. The number of primary amides is 1. The molecule has 0 radical (unpaired) electrons. The highest BCUT2D eigenvalue weighted by Crippen LogP contribution is 2.34. The fraction of sp³-hybridized carbons (Fsp3) is 0.471. The molecule has 27 heavy (non-hydrogen) atoms. The number of hydrogen-bond acceptors (Lipinski definition) is 6. The first-order chi connectivity index (χ1) is 12.8. The van der Waals surface area contributed by atoms with E-state index in [1.54, 1.807) is 10.9 Å². The van der Waals surface area contributed by atoms with Gasteiger partial charge in [0.15, 0.2) is 5.82 Å². The monoisotopic (exact) mass is 381 g/mol. The lowest BCUT2D eigenvalue weighted by molar-refractivity contribution is -0.0528. The number of hydrogen-bond donors (Lipinski definition) is 3. The molecule has 1 amide bonds. The first-order valence-electron chi connectivity index (χ1n) is 8.58. The molecule has 0 aromatic carbocycles. The Labute approximate surface area is 154 Å². The molecule has 2 aromatic heterocycles. The second kappa shape index (κ2) is 7.87. The van der Waals surface area contributed by atoms with Crippen molar-refractivity contribution < 1.29 is 23.4 Å². The van der Waals surface area contributed by atoms with E-state index in [0.29, 0.717) is 18.5 Å². The van der Waals surface area contributed by atoms with Crippen molar-refractivity contribution in [3.05, 3.63) is 30.1 Å². The van der Waals surface area contributed by atoms with Crippen LogP contribution in [-0.2, 0) is 0 Å². The smallest absolute Gasteiger partial charge is 0.388 e. The summed E-state index contributed by atoms with van der Waals surface area (Å²) in [6, 6.07) is 2.80. The number of amides is 1. The second-order valence-electron chi connectivity index (χ2n) is 6.64. The second-order valence-corrected chi connectivity index (χ2v) is 6.64. The summed E-state index contributed by atoms with van der Waals surface area (Å²) >= 11 is 0. The van der Waals surface area contributed by atoms with E-state index < -0.39 is 12.5 Å². The summed E-state index contributed by atoms with van der Waals surface area (Å²) in [7, 11) is 0. The number of aliphatic hydroxyl groups is 1. The van der Waals surface area contributed by atoms with Crippen LogP contribution in [0.1, 0.15) is 42.6 Å². The van der Waals surface area contributed by atoms with Gasteiger partial charge in [0.1, 0.15) is 5.56 Å². The van der Waals surface area contributed by atoms with Gasteiger partial charge in [0.2, 0.25) is 5.88 Å². The number of nitrogens with two attached hydrogens (primary N) is 1. The third-order valence-electron chi connectivity index (χ3n) is 4.64. The van der Waals surface area contributed by atoms with Crippen molar-refractivity contribution >= 4 is 17.4 Å². The van der Waals surface area contributed by atoms with Gasteiger partial charge in [-0.15, -0.1) is 0 Å². The molecule has 0 aliphatic heterocycles. The van der Waals surface area contributed by atoms with Gasteiger partial charge in [-0.25, -0.2) is 4.98 Å². The zero-order valence-corrected chi connectivity index (χ0v) is 14.7. The minimum atomic E-state index is -2.95. The summed E-state index contributed by atoms with van der Waals surface area (Å²) in [6.45, 7) is -0.929. The molecular formula is C17H21F2N5O3. The Morgan fingerprint density at radius 1 is 1.44 bits per heavy atom. The van der Waals surface area contributed by atoms with Gasteiger partial charge >= 0.3 is 6.61 Å². The van der Waals surface area contributed by atoms with Crippen molar-refractivity contribution in [1.29, 1.82) is 0 Å². The van der Waals surface area contributed by atoms with Gasteiger partial charge in [-0.05, 0) is 31.2 Å². The molecule has 1 saturated carbocycles. The van der Waals surface area contributed by atoms with Gasteiger partial charge in [0.25, 0.3) is 5.91 Å². The fourth-order valence-electron chi connectivity index (χ4n) is 3.33. The number of alkyl halides is 2. The van der Waals surface area contributed by atoms with Crippen LogP contribution in [-0.4, -0.2) is 38.5 Å². The normalized spacial score (nSPS) is 22.6. The Bertz CT molecular complexity index is 796. The van der Waals surface area contributed by atoms with E-state index >= 15 is 0 Å². The van der Waals surface area contributed by atoms with E-state index in [4.69, 9.17) is 5.73 Å².